The predicted molar refractivity (Wildman–Crippen MR) is 73.4 cm³/mol. The first kappa shape index (κ1) is 15.3. The molecular formula is C14H28N2O2. The Morgan fingerprint density at radius 2 is 1.94 bits per heavy atom. The Morgan fingerprint density at radius 3 is 2.56 bits per heavy atom. The third-order valence-corrected chi connectivity index (χ3v) is 3.84. The second-order valence-electron chi connectivity index (χ2n) is 5.84. The summed E-state index contributed by atoms with van der Waals surface area (Å²) >= 11 is 0. The fourth-order valence-corrected chi connectivity index (χ4v) is 2.75. The molecule has 0 saturated heterocycles. The van der Waals surface area contributed by atoms with Gasteiger partial charge in [-0.2, -0.15) is 0 Å². The Bertz CT molecular complexity index is 254. The Balaban J connectivity index is 2.32. The Labute approximate surface area is 111 Å². The van der Waals surface area contributed by atoms with Gasteiger partial charge >= 0.3 is 6.03 Å². The molecule has 2 amide bonds. The zero-order chi connectivity index (χ0) is 13.5. The molecule has 0 radical (unpaired) electrons. The van der Waals surface area contributed by atoms with Crippen molar-refractivity contribution >= 4 is 6.03 Å². The molecule has 0 spiro atoms. The number of hydrogen-bond donors (Lipinski definition) is 3. The zero-order valence-corrected chi connectivity index (χ0v) is 11.9. The maximum absolute atomic E-state index is 11.8. The van der Waals surface area contributed by atoms with Crippen molar-refractivity contribution in [2.24, 2.45) is 11.8 Å². The summed E-state index contributed by atoms with van der Waals surface area (Å²) in [6.45, 7) is 6.73. The molecule has 106 valence electrons. The Hall–Kier alpha value is -0.770. The highest BCUT2D eigenvalue weighted by Crippen LogP contribution is 2.30. The van der Waals surface area contributed by atoms with Crippen LogP contribution < -0.4 is 10.6 Å². The molecular weight excluding hydrogens is 228 g/mol. The number of carbonyl (C=O) groups excluding carboxylic acids is 1. The highest BCUT2D eigenvalue weighted by atomic mass is 16.3. The largest absolute Gasteiger partial charge is 0.393 e. The number of aliphatic hydroxyl groups excluding tert-OH is 1. The number of amides is 2. The number of nitrogens with one attached hydrogen (secondary N) is 2. The Morgan fingerprint density at radius 1 is 1.28 bits per heavy atom. The van der Waals surface area contributed by atoms with Crippen molar-refractivity contribution in [1.29, 1.82) is 0 Å². The summed E-state index contributed by atoms with van der Waals surface area (Å²) in [5.41, 5.74) is 0. The van der Waals surface area contributed by atoms with E-state index in [9.17, 15) is 4.79 Å². The van der Waals surface area contributed by atoms with Crippen LogP contribution in [0.25, 0.3) is 0 Å². The van der Waals surface area contributed by atoms with Crippen molar-refractivity contribution in [3.05, 3.63) is 0 Å². The van der Waals surface area contributed by atoms with Crippen molar-refractivity contribution in [3.63, 3.8) is 0 Å². The summed E-state index contributed by atoms with van der Waals surface area (Å²) in [7, 11) is 0. The fourth-order valence-electron chi connectivity index (χ4n) is 2.75. The highest BCUT2D eigenvalue weighted by Gasteiger charge is 2.28. The summed E-state index contributed by atoms with van der Waals surface area (Å²) in [5, 5.41) is 15.0. The van der Waals surface area contributed by atoms with Crippen molar-refractivity contribution in [3.8, 4) is 0 Å². The maximum Gasteiger partial charge on any atom is 0.315 e. The number of carbonyl (C=O) groups is 1. The molecule has 0 aliphatic heterocycles. The molecule has 0 heterocycles. The molecule has 1 rings (SSSR count). The number of urea groups is 1. The first-order valence-electron chi connectivity index (χ1n) is 7.23. The van der Waals surface area contributed by atoms with Crippen molar-refractivity contribution in [2.45, 2.75) is 65.0 Å². The van der Waals surface area contributed by atoms with Gasteiger partial charge in [0.05, 0.1) is 6.10 Å². The molecule has 3 atom stereocenters. The Kier molecular flexibility index (Phi) is 6.47. The molecule has 0 aromatic heterocycles. The summed E-state index contributed by atoms with van der Waals surface area (Å²) in [6.07, 6.45) is 5.05. The van der Waals surface area contributed by atoms with E-state index in [0.29, 0.717) is 30.8 Å². The highest BCUT2D eigenvalue weighted by molar-refractivity contribution is 5.74. The van der Waals surface area contributed by atoms with Gasteiger partial charge in [0.15, 0.2) is 0 Å². The third kappa shape index (κ3) is 5.25. The zero-order valence-electron chi connectivity index (χ0n) is 11.9. The molecule has 3 unspecified atom stereocenters. The van der Waals surface area contributed by atoms with Gasteiger partial charge in [0.25, 0.3) is 0 Å². The maximum atomic E-state index is 11.8. The van der Waals surface area contributed by atoms with E-state index in [0.717, 1.165) is 6.42 Å². The van der Waals surface area contributed by atoms with E-state index < -0.39 is 0 Å². The van der Waals surface area contributed by atoms with Crippen LogP contribution in [0.15, 0.2) is 0 Å². The van der Waals surface area contributed by atoms with Crippen LogP contribution in [0.5, 0.6) is 0 Å². The van der Waals surface area contributed by atoms with Crippen LogP contribution in [0.1, 0.15) is 52.9 Å². The normalized spacial score (nSPS) is 25.8. The predicted octanol–water partition coefficient (Wildman–Crippen LogP) is 2.27. The molecule has 0 aromatic rings. The van der Waals surface area contributed by atoms with E-state index in [1.54, 1.807) is 6.92 Å². The van der Waals surface area contributed by atoms with E-state index in [-0.39, 0.29) is 12.1 Å². The third-order valence-electron chi connectivity index (χ3n) is 3.84. The SMILES string of the molecule is CC(O)CCNC(=O)NC1CCCCC1C(C)C. The molecule has 1 aliphatic carbocycles. The summed E-state index contributed by atoms with van der Waals surface area (Å²) in [5.74, 6) is 1.22. The number of hydrogen-bond acceptors (Lipinski definition) is 2. The fraction of sp³-hybridized carbons (Fsp3) is 0.929. The van der Waals surface area contributed by atoms with E-state index in [1.165, 1.54) is 19.3 Å². The van der Waals surface area contributed by atoms with E-state index in [2.05, 4.69) is 24.5 Å². The minimum atomic E-state index is -0.358. The number of rotatable bonds is 5. The van der Waals surface area contributed by atoms with Crippen LogP contribution >= 0.6 is 0 Å². The van der Waals surface area contributed by atoms with E-state index >= 15 is 0 Å². The summed E-state index contributed by atoms with van der Waals surface area (Å²) < 4.78 is 0. The average Bonchev–Trinajstić information content (AvgIpc) is 2.28. The standard InChI is InChI=1S/C14H28N2O2/c1-10(2)12-6-4-5-7-13(12)16-14(18)15-9-8-11(3)17/h10-13,17H,4-9H2,1-3H3,(H2,15,16,18). The second kappa shape index (κ2) is 7.62. The van der Waals surface area contributed by atoms with Crippen LogP contribution in [-0.4, -0.2) is 29.8 Å². The quantitative estimate of drug-likeness (QED) is 0.706. The summed E-state index contributed by atoms with van der Waals surface area (Å²) in [6, 6.07) is 0.221. The van der Waals surface area contributed by atoms with Gasteiger partial charge < -0.3 is 15.7 Å². The second-order valence-corrected chi connectivity index (χ2v) is 5.84. The van der Waals surface area contributed by atoms with Crippen LogP contribution in [0.4, 0.5) is 4.79 Å². The molecule has 3 N–H and O–H groups in total. The number of aliphatic hydroxyl groups is 1. The van der Waals surface area contributed by atoms with E-state index in [1.807, 2.05) is 0 Å². The van der Waals surface area contributed by atoms with Gasteiger partial charge in [-0.3, -0.25) is 0 Å². The van der Waals surface area contributed by atoms with Crippen molar-refractivity contribution < 1.29 is 9.90 Å². The smallest absolute Gasteiger partial charge is 0.315 e. The average molecular weight is 256 g/mol. The lowest BCUT2D eigenvalue weighted by molar-refractivity contribution is 0.179. The molecule has 0 bridgehead atoms. The minimum Gasteiger partial charge on any atom is -0.393 e. The minimum absolute atomic E-state index is 0.0896. The lowest BCUT2D eigenvalue weighted by Gasteiger charge is -2.34. The van der Waals surface area contributed by atoms with Gasteiger partial charge in [-0.15, -0.1) is 0 Å². The monoisotopic (exact) mass is 256 g/mol. The van der Waals surface area contributed by atoms with Crippen LogP contribution in [0.2, 0.25) is 0 Å². The lowest BCUT2D eigenvalue weighted by atomic mass is 9.78. The van der Waals surface area contributed by atoms with Gasteiger partial charge in [0, 0.05) is 12.6 Å². The summed E-state index contributed by atoms with van der Waals surface area (Å²) in [4.78, 5) is 11.8. The first-order chi connectivity index (χ1) is 8.50. The van der Waals surface area contributed by atoms with Gasteiger partial charge in [0.1, 0.15) is 0 Å². The van der Waals surface area contributed by atoms with Gasteiger partial charge in [-0.05, 0) is 38.0 Å². The van der Waals surface area contributed by atoms with Gasteiger partial charge in [-0.25, -0.2) is 4.79 Å². The van der Waals surface area contributed by atoms with Crippen LogP contribution in [-0.2, 0) is 0 Å². The van der Waals surface area contributed by atoms with Gasteiger partial charge in [-0.1, -0.05) is 26.7 Å². The molecule has 18 heavy (non-hydrogen) atoms. The molecule has 1 fully saturated rings. The molecule has 4 heteroatoms. The molecule has 4 nitrogen and oxygen atoms in total. The molecule has 0 aromatic carbocycles. The van der Waals surface area contributed by atoms with Gasteiger partial charge in [0.2, 0.25) is 0 Å². The van der Waals surface area contributed by atoms with Crippen LogP contribution in [0, 0.1) is 11.8 Å². The lowest BCUT2D eigenvalue weighted by Crippen LogP contribution is -2.48. The topological polar surface area (TPSA) is 61.4 Å². The van der Waals surface area contributed by atoms with E-state index in [4.69, 9.17) is 5.11 Å². The first-order valence-corrected chi connectivity index (χ1v) is 7.23. The molecule has 1 aliphatic rings. The molecule has 1 saturated carbocycles. The van der Waals surface area contributed by atoms with Crippen LogP contribution in [0.3, 0.4) is 0 Å². The van der Waals surface area contributed by atoms with Crippen molar-refractivity contribution in [1.82, 2.24) is 10.6 Å². The van der Waals surface area contributed by atoms with Crippen molar-refractivity contribution in [2.75, 3.05) is 6.54 Å².